The van der Waals surface area contributed by atoms with Gasteiger partial charge in [-0.2, -0.15) is 0 Å². The van der Waals surface area contributed by atoms with E-state index in [-0.39, 0.29) is 11.6 Å². The van der Waals surface area contributed by atoms with E-state index >= 15 is 0 Å². The zero-order valence-corrected chi connectivity index (χ0v) is 12.9. The molecule has 0 fully saturated rings. The van der Waals surface area contributed by atoms with Gasteiger partial charge in [-0.3, -0.25) is 19.7 Å². The molecule has 24 heavy (non-hydrogen) atoms. The molecule has 122 valence electrons. The predicted molar refractivity (Wildman–Crippen MR) is 91.5 cm³/mol. The van der Waals surface area contributed by atoms with Crippen molar-refractivity contribution in [3.05, 3.63) is 70.3 Å². The molecule has 0 bridgehead atoms. The Balaban J connectivity index is 2.08. The summed E-state index contributed by atoms with van der Waals surface area (Å²) in [5.74, 6) is -0.650. The molecule has 0 unspecified atom stereocenters. The number of nitrogens with zero attached hydrogens (tertiary/aromatic N) is 1. The van der Waals surface area contributed by atoms with Crippen molar-refractivity contribution < 1.29 is 14.5 Å². The average Bonchev–Trinajstić information content (AvgIpc) is 2.53. The molecule has 2 N–H and O–H groups in total. The molecule has 0 aromatic heterocycles. The van der Waals surface area contributed by atoms with E-state index in [9.17, 15) is 19.7 Å². The standard InChI is InChI=1S/C17H15N3O4/c1-12(21)18-14-6-4-7-15(11-14)19-17(22)10-9-13-5-2-3-8-16(13)20(23)24/h2-11H,1H3,(H,18,21)(H,19,22). The van der Waals surface area contributed by atoms with Crippen LogP contribution in [0, 0.1) is 10.1 Å². The Labute approximate surface area is 138 Å². The molecule has 7 heteroatoms. The molecule has 0 aliphatic carbocycles. The highest BCUT2D eigenvalue weighted by atomic mass is 16.6. The van der Waals surface area contributed by atoms with Crippen LogP contribution in [0.3, 0.4) is 0 Å². The van der Waals surface area contributed by atoms with E-state index in [2.05, 4.69) is 10.6 Å². The highest BCUT2D eigenvalue weighted by molar-refractivity contribution is 6.02. The third-order valence-corrected chi connectivity index (χ3v) is 3.00. The lowest BCUT2D eigenvalue weighted by Crippen LogP contribution is -2.09. The summed E-state index contributed by atoms with van der Waals surface area (Å²) in [5.41, 5.74) is 1.32. The molecule has 0 saturated carbocycles. The van der Waals surface area contributed by atoms with Crippen LogP contribution in [-0.2, 0) is 9.59 Å². The van der Waals surface area contributed by atoms with Crippen LogP contribution in [0.1, 0.15) is 12.5 Å². The Morgan fingerprint density at radius 2 is 1.71 bits per heavy atom. The molecule has 0 spiro atoms. The molecule has 0 saturated heterocycles. The average molecular weight is 325 g/mol. The van der Waals surface area contributed by atoms with Gasteiger partial charge < -0.3 is 10.6 Å². The number of carbonyl (C=O) groups is 2. The summed E-state index contributed by atoms with van der Waals surface area (Å²) >= 11 is 0. The monoisotopic (exact) mass is 325 g/mol. The summed E-state index contributed by atoms with van der Waals surface area (Å²) < 4.78 is 0. The molecule has 2 amide bonds. The Hall–Kier alpha value is -3.48. The first-order chi connectivity index (χ1) is 11.5. The number of hydrogen-bond donors (Lipinski definition) is 2. The third kappa shape index (κ3) is 4.77. The fourth-order valence-electron chi connectivity index (χ4n) is 2.02. The lowest BCUT2D eigenvalue weighted by Gasteiger charge is -2.06. The van der Waals surface area contributed by atoms with Crippen molar-refractivity contribution in [1.82, 2.24) is 0 Å². The van der Waals surface area contributed by atoms with Crippen molar-refractivity contribution in [2.75, 3.05) is 10.6 Å². The number of para-hydroxylation sites is 1. The van der Waals surface area contributed by atoms with Crippen LogP contribution in [0.15, 0.2) is 54.6 Å². The largest absolute Gasteiger partial charge is 0.326 e. The number of nitrogens with one attached hydrogen (secondary N) is 2. The molecule has 2 aromatic carbocycles. The minimum absolute atomic E-state index is 0.0748. The summed E-state index contributed by atoms with van der Waals surface area (Å²) in [7, 11) is 0. The van der Waals surface area contributed by atoms with Crippen LogP contribution in [-0.4, -0.2) is 16.7 Å². The maximum atomic E-state index is 11.9. The van der Waals surface area contributed by atoms with Gasteiger partial charge in [-0.25, -0.2) is 0 Å². The van der Waals surface area contributed by atoms with Crippen LogP contribution in [0.5, 0.6) is 0 Å². The van der Waals surface area contributed by atoms with Gasteiger partial charge in [0.2, 0.25) is 11.8 Å². The van der Waals surface area contributed by atoms with Gasteiger partial charge in [0.1, 0.15) is 0 Å². The molecule has 0 aliphatic rings. The van der Waals surface area contributed by atoms with Crippen molar-refractivity contribution in [3.63, 3.8) is 0 Å². The van der Waals surface area contributed by atoms with Crippen molar-refractivity contribution in [2.45, 2.75) is 6.92 Å². The van der Waals surface area contributed by atoms with Gasteiger partial charge in [0.25, 0.3) is 5.69 Å². The normalized spacial score (nSPS) is 10.4. The van der Waals surface area contributed by atoms with Crippen LogP contribution >= 0.6 is 0 Å². The SMILES string of the molecule is CC(=O)Nc1cccc(NC(=O)C=Cc2ccccc2[N+](=O)[O-])c1. The summed E-state index contributed by atoms with van der Waals surface area (Å²) in [6.07, 6.45) is 2.60. The molecule has 7 nitrogen and oxygen atoms in total. The number of nitro groups is 1. The van der Waals surface area contributed by atoms with Gasteiger partial charge in [-0.05, 0) is 30.3 Å². The number of nitro benzene ring substituents is 1. The summed E-state index contributed by atoms with van der Waals surface area (Å²) in [6.45, 7) is 1.39. The number of amides is 2. The van der Waals surface area contributed by atoms with E-state index in [1.807, 2.05) is 0 Å². The minimum Gasteiger partial charge on any atom is -0.326 e. The fraction of sp³-hybridized carbons (Fsp3) is 0.0588. The Morgan fingerprint density at radius 3 is 2.38 bits per heavy atom. The Kier molecular flexibility index (Phi) is 5.40. The molecule has 0 aliphatic heterocycles. The second-order valence-corrected chi connectivity index (χ2v) is 4.90. The molecule has 2 aromatic rings. The first-order valence-electron chi connectivity index (χ1n) is 7.06. The summed E-state index contributed by atoms with van der Waals surface area (Å²) in [6, 6.07) is 12.8. The van der Waals surface area contributed by atoms with Crippen molar-refractivity contribution in [3.8, 4) is 0 Å². The van der Waals surface area contributed by atoms with Gasteiger partial charge in [0.05, 0.1) is 10.5 Å². The van der Waals surface area contributed by atoms with Crippen molar-refractivity contribution in [2.24, 2.45) is 0 Å². The molecule has 0 heterocycles. The Bertz CT molecular complexity index is 815. The van der Waals surface area contributed by atoms with Crippen LogP contribution < -0.4 is 10.6 Å². The molecular formula is C17H15N3O4. The summed E-state index contributed by atoms with van der Waals surface area (Å²) in [5, 5.41) is 16.2. The number of benzene rings is 2. The van der Waals surface area contributed by atoms with E-state index in [4.69, 9.17) is 0 Å². The highest BCUT2D eigenvalue weighted by Crippen LogP contribution is 2.19. The molecule has 2 rings (SSSR count). The fourth-order valence-corrected chi connectivity index (χ4v) is 2.02. The smallest absolute Gasteiger partial charge is 0.276 e. The summed E-state index contributed by atoms with van der Waals surface area (Å²) in [4.78, 5) is 33.4. The number of anilines is 2. The first kappa shape index (κ1) is 16.9. The van der Waals surface area contributed by atoms with E-state index in [0.717, 1.165) is 0 Å². The minimum atomic E-state index is -0.505. The number of hydrogen-bond acceptors (Lipinski definition) is 4. The van der Waals surface area contributed by atoms with Crippen LogP contribution in [0.2, 0.25) is 0 Å². The van der Waals surface area contributed by atoms with Gasteiger partial charge in [0, 0.05) is 30.4 Å². The first-order valence-corrected chi connectivity index (χ1v) is 7.06. The van der Waals surface area contributed by atoms with E-state index < -0.39 is 10.8 Å². The number of carbonyl (C=O) groups excluding carboxylic acids is 2. The molecule has 0 radical (unpaired) electrons. The van der Waals surface area contributed by atoms with E-state index in [1.54, 1.807) is 42.5 Å². The lowest BCUT2D eigenvalue weighted by molar-refractivity contribution is -0.385. The predicted octanol–water partition coefficient (Wildman–Crippen LogP) is 3.21. The maximum absolute atomic E-state index is 11.9. The maximum Gasteiger partial charge on any atom is 0.276 e. The second-order valence-electron chi connectivity index (χ2n) is 4.90. The van der Waals surface area contributed by atoms with E-state index in [0.29, 0.717) is 16.9 Å². The third-order valence-electron chi connectivity index (χ3n) is 3.00. The quantitative estimate of drug-likeness (QED) is 0.500. The van der Waals surface area contributed by atoms with E-state index in [1.165, 1.54) is 25.1 Å². The zero-order valence-electron chi connectivity index (χ0n) is 12.9. The van der Waals surface area contributed by atoms with Gasteiger partial charge in [-0.15, -0.1) is 0 Å². The second kappa shape index (κ2) is 7.68. The highest BCUT2D eigenvalue weighted by Gasteiger charge is 2.09. The van der Waals surface area contributed by atoms with Crippen molar-refractivity contribution in [1.29, 1.82) is 0 Å². The van der Waals surface area contributed by atoms with Crippen molar-refractivity contribution >= 4 is 35.0 Å². The number of rotatable bonds is 5. The molecular weight excluding hydrogens is 310 g/mol. The molecule has 0 atom stereocenters. The zero-order chi connectivity index (χ0) is 17.5. The topological polar surface area (TPSA) is 101 Å². The van der Waals surface area contributed by atoms with Gasteiger partial charge in [-0.1, -0.05) is 18.2 Å². The van der Waals surface area contributed by atoms with Crippen LogP contribution in [0.4, 0.5) is 17.1 Å². The Morgan fingerprint density at radius 1 is 1.04 bits per heavy atom. The van der Waals surface area contributed by atoms with Gasteiger partial charge >= 0.3 is 0 Å². The van der Waals surface area contributed by atoms with Gasteiger partial charge in [0.15, 0.2) is 0 Å². The lowest BCUT2D eigenvalue weighted by atomic mass is 10.1. The van der Waals surface area contributed by atoms with Crippen LogP contribution in [0.25, 0.3) is 6.08 Å².